The Bertz CT molecular complexity index is 1180. The zero-order valence-corrected chi connectivity index (χ0v) is 17.0. The Kier molecular flexibility index (Phi) is 5.85. The number of fused-ring (bicyclic) bond motifs is 1. The third kappa shape index (κ3) is 4.55. The van der Waals surface area contributed by atoms with Gasteiger partial charge in [-0.05, 0) is 35.4 Å². The van der Waals surface area contributed by atoms with E-state index in [-0.39, 0.29) is 11.7 Å². The quantitative estimate of drug-likeness (QED) is 0.462. The number of ether oxygens (including phenoxy) is 1. The first kappa shape index (κ1) is 19.8. The molecule has 3 aromatic heterocycles. The Labute approximate surface area is 176 Å². The van der Waals surface area contributed by atoms with Crippen molar-refractivity contribution in [1.29, 1.82) is 0 Å². The summed E-state index contributed by atoms with van der Waals surface area (Å²) in [6.45, 7) is 0.826. The van der Waals surface area contributed by atoms with E-state index in [2.05, 4.69) is 20.6 Å². The summed E-state index contributed by atoms with van der Waals surface area (Å²) < 4.78 is 19.3. The van der Waals surface area contributed by atoms with Crippen molar-refractivity contribution in [2.24, 2.45) is 0 Å². The highest BCUT2D eigenvalue weighted by Gasteiger charge is 2.14. The predicted octanol–water partition coefficient (Wildman–Crippen LogP) is 4.38. The van der Waals surface area contributed by atoms with Crippen LogP contribution in [0.4, 0.5) is 9.39 Å². The minimum atomic E-state index is -0.263. The number of rotatable bonds is 7. The van der Waals surface area contributed by atoms with Crippen molar-refractivity contribution in [3.05, 3.63) is 83.6 Å². The number of carbonyl (C=O) groups is 1. The Morgan fingerprint density at radius 2 is 2.00 bits per heavy atom. The second-order valence-electron chi connectivity index (χ2n) is 6.56. The molecule has 0 saturated heterocycles. The number of benzene rings is 1. The van der Waals surface area contributed by atoms with Gasteiger partial charge in [0.2, 0.25) is 5.88 Å². The van der Waals surface area contributed by atoms with Crippen LogP contribution in [0.25, 0.3) is 10.1 Å². The summed E-state index contributed by atoms with van der Waals surface area (Å²) in [5, 5.41) is 7.82. The average molecular weight is 422 g/mol. The average Bonchev–Trinajstić information content (AvgIpc) is 3.19. The highest BCUT2D eigenvalue weighted by atomic mass is 32.1. The number of amides is 1. The van der Waals surface area contributed by atoms with E-state index in [1.165, 1.54) is 23.5 Å². The van der Waals surface area contributed by atoms with E-state index in [0.29, 0.717) is 24.7 Å². The number of anilines is 1. The first-order chi connectivity index (χ1) is 14.6. The molecule has 152 valence electrons. The topological polar surface area (TPSA) is 76.1 Å². The summed E-state index contributed by atoms with van der Waals surface area (Å²) in [4.78, 5) is 21.1. The number of halogens is 1. The van der Waals surface area contributed by atoms with E-state index in [0.717, 1.165) is 26.2 Å². The van der Waals surface area contributed by atoms with Crippen LogP contribution in [0.3, 0.4) is 0 Å². The van der Waals surface area contributed by atoms with Gasteiger partial charge in [-0.1, -0.05) is 18.2 Å². The van der Waals surface area contributed by atoms with Crippen molar-refractivity contribution >= 4 is 32.3 Å². The Hall–Kier alpha value is -3.52. The molecule has 1 amide bonds. The van der Waals surface area contributed by atoms with Crippen molar-refractivity contribution in [3.8, 4) is 5.88 Å². The SMILES string of the molecule is COc1ccc(CNC(=O)c2nccc3sc(NCc4cccc(F)c4)cc23)cn1. The fourth-order valence-electron chi connectivity index (χ4n) is 2.97. The minimum absolute atomic E-state index is 0.258. The van der Waals surface area contributed by atoms with E-state index in [1.807, 2.05) is 24.3 Å². The van der Waals surface area contributed by atoms with E-state index >= 15 is 0 Å². The van der Waals surface area contributed by atoms with Crippen molar-refractivity contribution in [1.82, 2.24) is 15.3 Å². The number of nitrogens with zero attached hydrogens (tertiary/aromatic N) is 2. The number of carbonyl (C=O) groups excluding carboxylic acids is 1. The van der Waals surface area contributed by atoms with Gasteiger partial charge in [-0.3, -0.25) is 9.78 Å². The molecule has 0 bridgehead atoms. The second-order valence-corrected chi connectivity index (χ2v) is 7.64. The van der Waals surface area contributed by atoms with Gasteiger partial charge in [-0.25, -0.2) is 9.37 Å². The number of aromatic nitrogens is 2. The smallest absolute Gasteiger partial charge is 0.270 e. The zero-order valence-electron chi connectivity index (χ0n) is 16.2. The van der Waals surface area contributed by atoms with Gasteiger partial charge in [-0.2, -0.15) is 0 Å². The molecular formula is C22H19FN4O2S. The second kappa shape index (κ2) is 8.87. The molecule has 2 N–H and O–H groups in total. The van der Waals surface area contributed by atoms with Crippen LogP contribution in [0.15, 0.2) is 60.9 Å². The first-order valence-corrected chi connectivity index (χ1v) is 10.1. The molecule has 3 heterocycles. The molecule has 0 aliphatic carbocycles. The molecule has 0 unspecified atom stereocenters. The number of thiophene rings is 1. The summed E-state index contributed by atoms with van der Waals surface area (Å²) in [5.74, 6) is -0.000175. The normalized spacial score (nSPS) is 10.7. The Morgan fingerprint density at radius 1 is 1.10 bits per heavy atom. The molecule has 4 rings (SSSR count). The lowest BCUT2D eigenvalue weighted by Gasteiger charge is -2.06. The van der Waals surface area contributed by atoms with Gasteiger partial charge in [0.1, 0.15) is 11.5 Å². The van der Waals surface area contributed by atoms with Crippen LogP contribution in [0.5, 0.6) is 5.88 Å². The summed E-state index contributed by atoms with van der Waals surface area (Å²) in [6, 6.07) is 13.8. The lowest BCUT2D eigenvalue weighted by Crippen LogP contribution is -2.24. The molecule has 8 heteroatoms. The van der Waals surface area contributed by atoms with E-state index in [1.54, 1.807) is 31.6 Å². The van der Waals surface area contributed by atoms with Crippen LogP contribution in [-0.2, 0) is 13.1 Å². The Balaban J connectivity index is 1.46. The van der Waals surface area contributed by atoms with Gasteiger partial charge in [0.15, 0.2) is 0 Å². The molecule has 1 aromatic carbocycles. The minimum Gasteiger partial charge on any atom is -0.481 e. The number of hydrogen-bond acceptors (Lipinski definition) is 6. The molecule has 30 heavy (non-hydrogen) atoms. The molecule has 0 fully saturated rings. The molecule has 4 aromatic rings. The number of methoxy groups -OCH3 is 1. The first-order valence-electron chi connectivity index (χ1n) is 9.26. The molecule has 0 radical (unpaired) electrons. The van der Waals surface area contributed by atoms with Gasteiger partial charge < -0.3 is 15.4 Å². The molecule has 0 saturated carbocycles. The third-order valence-corrected chi connectivity index (χ3v) is 5.53. The molecule has 0 aliphatic heterocycles. The van der Waals surface area contributed by atoms with Crippen LogP contribution < -0.4 is 15.4 Å². The monoisotopic (exact) mass is 422 g/mol. The summed E-state index contributed by atoms with van der Waals surface area (Å²) in [7, 11) is 1.55. The van der Waals surface area contributed by atoms with E-state index in [9.17, 15) is 9.18 Å². The van der Waals surface area contributed by atoms with Gasteiger partial charge in [-0.15, -0.1) is 11.3 Å². The lowest BCUT2D eigenvalue weighted by atomic mass is 10.2. The van der Waals surface area contributed by atoms with Crippen LogP contribution >= 0.6 is 11.3 Å². The highest BCUT2D eigenvalue weighted by molar-refractivity contribution is 7.22. The molecule has 0 spiro atoms. The van der Waals surface area contributed by atoms with Crippen molar-refractivity contribution in [2.45, 2.75) is 13.1 Å². The fraction of sp³-hybridized carbons (Fsp3) is 0.136. The Morgan fingerprint density at radius 3 is 2.77 bits per heavy atom. The summed E-state index contributed by atoms with van der Waals surface area (Å²) in [5.41, 5.74) is 2.07. The van der Waals surface area contributed by atoms with Gasteiger partial charge in [0.25, 0.3) is 5.91 Å². The number of hydrogen-bond donors (Lipinski definition) is 2. The predicted molar refractivity (Wildman–Crippen MR) is 115 cm³/mol. The van der Waals surface area contributed by atoms with Gasteiger partial charge in [0, 0.05) is 41.6 Å². The van der Waals surface area contributed by atoms with Gasteiger partial charge in [0.05, 0.1) is 12.1 Å². The number of pyridine rings is 2. The fourth-order valence-corrected chi connectivity index (χ4v) is 3.92. The van der Waals surface area contributed by atoms with Crippen molar-refractivity contribution < 1.29 is 13.9 Å². The van der Waals surface area contributed by atoms with Crippen LogP contribution in [0.2, 0.25) is 0 Å². The summed E-state index contributed by atoms with van der Waals surface area (Å²) in [6.07, 6.45) is 3.28. The number of nitrogens with one attached hydrogen (secondary N) is 2. The standard InChI is InChI=1S/C22H19FN4O2S/c1-29-19-6-5-15(12-25-19)13-27-22(28)21-17-10-20(30-18(17)7-8-24-21)26-11-14-3-2-4-16(23)9-14/h2-10,12,26H,11,13H2,1H3,(H,27,28). The highest BCUT2D eigenvalue weighted by Crippen LogP contribution is 2.31. The lowest BCUT2D eigenvalue weighted by molar-refractivity contribution is 0.0948. The van der Waals surface area contributed by atoms with E-state index in [4.69, 9.17) is 4.74 Å². The van der Waals surface area contributed by atoms with Crippen LogP contribution in [0.1, 0.15) is 21.6 Å². The van der Waals surface area contributed by atoms with Gasteiger partial charge >= 0.3 is 0 Å². The van der Waals surface area contributed by atoms with Crippen LogP contribution in [0, 0.1) is 5.82 Å². The third-order valence-electron chi connectivity index (χ3n) is 4.48. The molecular weight excluding hydrogens is 403 g/mol. The maximum Gasteiger partial charge on any atom is 0.270 e. The molecule has 0 atom stereocenters. The maximum atomic E-state index is 13.3. The maximum absolute atomic E-state index is 13.3. The zero-order chi connectivity index (χ0) is 20.9. The van der Waals surface area contributed by atoms with E-state index < -0.39 is 0 Å². The van der Waals surface area contributed by atoms with Crippen molar-refractivity contribution in [2.75, 3.05) is 12.4 Å². The molecule has 6 nitrogen and oxygen atoms in total. The molecule has 0 aliphatic rings. The summed E-state index contributed by atoms with van der Waals surface area (Å²) >= 11 is 1.52. The van der Waals surface area contributed by atoms with Crippen LogP contribution in [-0.4, -0.2) is 23.0 Å². The van der Waals surface area contributed by atoms with Crippen molar-refractivity contribution in [3.63, 3.8) is 0 Å². The largest absolute Gasteiger partial charge is 0.481 e.